The van der Waals surface area contributed by atoms with Crippen LogP contribution >= 0.6 is 24.0 Å². The molecule has 8 nitrogen and oxygen atoms in total. The Labute approximate surface area is 214 Å². The van der Waals surface area contributed by atoms with Gasteiger partial charge in [0.25, 0.3) is 0 Å². The fourth-order valence-corrected chi connectivity index (χ4v) is 3.15. The van der Waals surface area contributed by atoms with Gasteiger partial charge >= 0.3 is 6.09 Å². The number of hydrogen-bond acceptors (Lipinski definition) is 5. The van der Waals surface area contributed by atoms with E-state index in [9.17, 15) is 4.79 Å². The van der Waals surface area contributed by atoms with Crippen LogP contribution in [0.1, 0.15) is 56.7 Å². The highest BCUT2D eigenvalue weighted by Crippen LogP contribution is 2.14. The predicted octanol–water partition coefficient (Wildman–Crippen LogP) is 4.99. The standard InChI is InChI=1S/C24H37N5O3.HI/c1-7-25-22(26-15-8-9-21-17(2)29-32-18(21)3)27-16-14-19-10-12-20(13-11-19)28-23(30)31-24(4,5)6;/h10-13H,7-9,14-16H2,1-6H3,(H,28,30)(H2,25,26,27);1H. The van der Waals surface area contributed by atoms with E-state index in [0.717, 1.165) is 56.3 Å². The summed E-state index contributed by atoms with van der Waals surface area (Å²) in [6.07, 6.45) is 2.24. The molecule has 1 amide bonds. The lowest BCUT2D eigenvalue weighted by Gasteiger charge is -2.19. The van der Waals surface area contributed by atoms with E-state index in [4.69, 9.17) is 9.26 Å². The maximum atomic E-state index is 11.9. The van der Waals surface area contributed by atoms with Crippen molar-refractivity contribution in [3.05, 3.63) is 46.8 Å². The number of benzene rings is 1. The van der Waals surface area contributed by atoms with Crippen molar-refractivity contribution in [3.63, 3.8) is 0 Å². The highest BCUT2D eigenvalue weighted by molar-refractivity contribution is 14.0. The van der Waals surface area contributed by atoms with Crippen LogP contribution < -0.4 is 16.0 Å². The number of aliphatic imine (C=N–C) groups is 1. The average molecular weight is 572 g/mol. The highest BCUT2D eigenvalue weighted by atomic mass is 127. The monoisotopic (exact) mass is 571 g/mol. The number of guanidine groups is 1. The largest absolute Gasteiger partial charge is 0.444 e. The van der Waals surface area contributed by atoms with Crippen molar-refractivity contribution in [2.75, 3.05) is 25.0 Å². The molecule has 1 aromatic heterocycles. The minimum Gasteiger partial charge on any atom is -0.444 e. The van der Waals surface area contributed by atoms with E-state index in [0.29, 0.717) is 5.69 Å². The number of carbonyl (C=O) groups is 1. The Bertz CT molecular complexity index is 869. The van der Waals surface area contributed by atoms with Gasteiger partial charge < -0.3 is 19.9 Å². The second-order valence-corrected chi connectivity index (χ2v) is 8.67. The molecule has 0 spiro atoms. The third-order valence-electron chi connectivity index (χ3n) is 4.69. The Hall–Kier alpha value is -2.30. The summed E-state index contributed by atoms with van der Waals surface area (Å²) < 4.78 is 10.5. The lowest BCUT2D eigenvalue weighted by atomic mass is 10.1. The van der Waals surface area contributed by atoms with Crippen molar-refractivity contribution in [1.29, 1.82) is 0 Å². The first-order chi connectivity index (χ1) is 15.2. The van der Waals surface area contributed by atoms with E-state index < -0.39 is 11.7 Å². The number of halogens is 1. The normalized spacial score (nSPS) is 11.5. The summed E-state index contributed by atoms with van der Waals surface area (Å²) in [5.41, 5.74) is 3.51. The molecule has 0 bridgehead atoms. The molecule has 1 heterocycles. The number of ether oxygens (including phenoxy) is 1. The van der Waals surface area contributed by atoms with Crippen LogP contribution in [-0.2, 0) is 17.6 Å². The average Bonchev–Trinajstić information content (AvgIpc) is 3.03. The molecule has 0 unspecified atom stereocenters. The Kier molecular flexibility index (Phi) is 12.2. The van der Waals surface area contributed by atoms with Gasteiger partial charge in [0, 0.05) is 30.9 Å². The molecule has 0 aliphatic heterocycles. The zero-order valence-electron chi connectivity index (χ0n) is 20.6. The van der Waals surface area contributed by atoms with Crippen molar-refractivity contribution >= 4 is 41.7 Å². The van der Waals surface area contributed by atoms with Crippen LogP contribution in [0.3, 0.4) is 0 Å². The van der Waals surface area contributed by atoms with E-state index in [1.165, 1.54) is 11.1 Å². The molecular weight excluding hydrogens is 533 g/mol. The van der Waals surface area contributed by atoms with Gasteiger partial charge in [-0.15, -0.1) is 24.0 Å². The van der Waals surface area contributed by atoms with Crippen LogP contribution in [0.15, 0.2) is 33.8 Å². The summed E-state index contributed by atoms with van der Waals surface area (Å²) in [5, 5.41) is 13.4. The van der Waals surface area contributed by atoms with Gasteiger partial charge in [-0.1, -0.05) is 17.3 Å². The van der Waals surface area contributed by atoms with Crippen molar-refractivity contribution in [2.24, 2.45) is 4.99 Å². The second-order valence-electron chi connectivity index (χ2n) is 8.67. The molecule has 0 saturated heterocycles. The fourth-order valence-electron chi connectivity index (χ4n) is 3.15. The summed E-state index contributed by atoms with van der Waals surface area (Å²) in [4.78, 5) is 16.5. The minimum absolute atomic E-state index is 0. The third kappa shape index (κ3) is 10.9. The van der Waals surface area contributed by atoms with Crippen molar-refractivity contribution in [1.82, 2.24) is 15.8 Å². The maximum Gasteiger partial charge on any atom is 0.412 e. The zero-order chi connectivity index (χ0) is 23.6. The number of aromatic nitrogens is 1. The Morgan fingerprint density at radius 2 is 1.82 bits per heavy atom. The molecule has 184 valence electrons. The third-order valence-corrected chi connectivity index (χ3v) is 4.69. The molecule has 0 aliphatic rings. The fraction of sp³-hybridized carbons (Fsp3) is 0.542. The molecule has 0 atom stereocenters. The molecule has 0 fully saturated rings. The van der Waals surface area contributed by atoms with Crippen LogP contribution in [0.5, 0.6) is 0 Å². The number of rotatable bonds is 9. The lowest BCUT2D eigenvalue weighted by molar-refractivity contribution is 0.0636. The highest BCUT2D eigenvalue weighted by Gasteiger charge is 2.16. The topological polar surface area (TPSA) is 101 Å². The van der Waals surface area contributed by atoms with E-state index in [1.54, 1.807) is 0 Å². The first-order valence-electron chi connectivity index (χ1n) is 11.2. The van der Waals surface area contributed by atoms with Gasteiger partial charge in [0.15, 0.2) is 5.96 Å². The first kappa shape index (κ1) is 28.7. The van der Waals surface area contributed by atoms with Crippen LogP contribution in [0, 0.1) is 13.8 Å². The molecule has 0 radical (unpaired) electrons. The van der Waals surface area contributed by atoms with Crippen molar-refractivity contribution < 1.29 is 14.1 Å². The van der Waals surface area contributed by atoms with E-state index in [-0.39, 0.29) is 24.0 Å². The number of nitrogens with zero attached hydrogens (tertiary/aromatic N) is 2. The zero-order valence-corrected chi connectivity index (χ0v) is 22.9. The summed E-state index contributed by atoms with van der Waals surface area (Å²) >= 11 is 0. The van der Waals surface area contributed by atoms with Crippen LogP contribution in [-0.4, -0.2) is 42.4 Å². The van der Waals surface area contributed by atoms with E-state index in [1.807, 2.05) is 58.9 Å². The van der Waals surface area contributed by atoms with E-state index >= 15 is 0 Å². The SMILES string of the molecule is CCNC(=NCCCc1c(C)noc1C)NCCc1ccc(NC(=O)OC(C)(C)C)cc1.I. The Morgan fingerprint density at radius 1 is 1.12 bits per heavy atom. The predicted molar refractivity (Wildman–Crippen MR) is 144 cm³/mol. The van der Waals surface area contributed by atoms with Crippen molar-refractivity contribution in [2.45, 2.75) is 66.4 Å². The molecular formula is C24H38IN5O3. The summed E-state index contributed by atoms with van der Waals surface area (Å²) in [6.45, 7) is 13.8. The molecule has 0 aliphatic carbocycles. The molecule has 3 N–H and O–H groups in total. The Morgan fingerprint density at radius 3 is 2.39 bits per heavy atom. The number of aryl methyl sites for hydroxylation is 2. The molecule has 2 rings (SSSR count). The number of hydrogen-bond donors (Lipinski definition) is 3. The molecule has 33 heavy (non-hydrogen) atoms. The van der Waals surface area contributed by atoms with Gasteiger partial charge in [0.05, 0.1) is 5.69 Å². The molecule has 0 saturated carbocycles. The Balaban J connectivity index is 0.00000544. The van der Waals surface area contributed by atoms with Crippen molar-refractivity contribution in [3.8, 4) is 0 Å². The molecule has 9 heteroatoms. The van der Waals surface area contributed by atoms with Crippen LogP contribution in [0.25, 0.3) is 0 Å². The number of nitrogens with one attached hydrogen (secondary N) is 3. The van der Waals surface area contributed by atoms with Gasteiger partial charge in [-0.2, -0.15) is 0 Å². The number of amides is 1. The van der Waals surface area contributed by atoms with Gasteiger partial charge in [0.2, 0.25) is 0 Å². The summed E-state index contributed by atoms with van der Waals surface area (Å²) in [5.74, 6) is 1.71. The first-order valence-corrected chi connectivity index (χ1v) is 11.2. The van der Waals surface area contributed by atoms with E-state index in [2.05, 4.69) is 33.0 Å². The van der Waals surface area contributed by atoms with Gasteiger partial charge in [-0.3, -0.25) is 10.3 Å². The summed E-state index contributed by atoms with van der Waals surface area (Å²) in [7, 11) is 0. The maximum absolute atomic E-state index is 11.9. The lowest BCUT2D eigenvalue weighted by Crippen LogP contribution is -2.38. The second kappa shape index (κ2) is 14.1. The van der Waals surface area contributed by atoms with Gasteiger partial charge in [0.1, 0.15) is 11.4 Å². The van der Waals surface area contributed by atoms with Gasteiger partial charge in [-0.25, -0.2) is 4.79 Å². The smallest absolute Gasteiger partial charge is 0.412 e. The van der Waals surface area contributed by atoms with Gasteiger partial charge in [-0.05, 0) is 78.5 Å². The minimum atomic E-state index is -0.518. The molecule has 2 aromatic rings. The number of carbonyl (C=O) groups excluding carboxylic acids is 1. The quantitative estimate of drug-likeness (QED) is 0.170. The number of anilines is 1. The molecule has 1 aromatic carbocycles. The van der Waals surface area contributed by atoms with Crippen LogP contribution in [0.4, 0.5) is 10.5 Å². The summed E-state index contributed by atoms with van der Waals surface area (Å²) in [6, 6.07) is 7.77. The van der Waals surface area contributed by atoms with Crippen LogP contribution in [0.2, 0.25) is 0 Å².